The minimum absolute atomic E-state index is 1.02. The van der Waals surface area contributed by atoms with E-state index < -0.39 is 0 Å². The van der Waals surface area contributed by atoms with Gasteiger partial charge in [0, 0.05) is 0 Å². The van der Waals surface area contributed by atoms with E-state index >= 15 is 0 Å². The van der Waals surface area contributed by atoms with E-state index in [-0.39, 0.29) is 0 Å². The maximum Gasteiger partial charge on any atom is -0.0126 e. The van der Waals surface area contributed by atoms with Crippen molar-refractivity contribution in [1.82, 2.24) is 0 Å². The van der Waals surface area contributed by atoms with Gasteiger partial charge in [0.2, 0.25) is 0 Å². The van der Waals surface area contributed by atoms with Crippen molar-refractivity contribution < 1.29 is 0 Å². The van der Waals surface area contributed by atoms with E-state index in [1.165, 1.54) is 176 Å². The molecule has 0 spiro atoms. The molecular formula is C85H98P12. The average molecular weight is 1490 g/mol. The zero-order valence-electron chi connectivity index (χ0n) is 57.6. The van der Waals surface area contributed by atoms with E-state index in [9.17, 15) is 0 Å². The van der Waals surface area contributed by atoms with E-state index in [1.807, 2.05) is 0 Å². The van der Waals surface area contributed by atoms with Crippen LogP contribution in [0.1, 0.15) is 72.3 Å². The van der Waals surface area contributed by atoms with Crippen molar-refractivity contribution >= 4 is 148 Å². The number of hydrogen-bond donors (Lipinski definition) is 0. The molecule has 0 aliphatic rings. The second-order valence-electron chi connectivity index (χ2n) is 24.5. The molecule has 0 saturated heterocycles. The minimum atomic E-state index is 1.02. The van der Waals surface area contributed by atoms with Gasteiger partial charge in [0.15, 0.2) is 0 Å². The predicted octanol–water partition coefficient (Wildman–Crippen LogP) is 21.0. The van der Waals surface area contributed by atoms with Gasteiger partial charge in [-0.05, 0) is 262 Å². The lowest BCUT2D eigenvalue weighted by molar-refractivity contribution is 1.31. The smallest absolute Gasteiger partial charge is 0.0126 e. The molecule has 0 aromatic heterocycles. The van der Waals surface area contributed by atoms with E-state index in [0.717, 1.165) is 30.8 Å². The summed E-state index contributed by atoms with van der Waals surface area (Å²) in [5, 5.41) is 8.73. The maximum atomic E-state index is 2.78. The van der Waals surface area contributed by atoms with Crippen LogP contribution >= 0.6 is 111 Å². The molecule has 0 fully saturated rings. The summed E-state index contributed by atoms with van der Waals surface area (Å²) in [6.45, 7) is 17.3. The summed E-state index contributed by atoms with van der Waals surface area (Å²) in [6, 6.07) is 87.5. The Morgan fingerprint density at radius 2 is 0.443 bits per heavy atom. The Balaban J connectivity index is 0.000000164. The third-order valence-electron chi connectivity index (χ3n) is 17.1. The first-order chi connectivity index (χ1) is 46.5. The SMILES string of the molecule is Cc1cc(-c2ccc(CP)c(C)c2)ccc1P.Cc1cc(-c2ccc(CP)cc2)ccc1P.Cc1cc(-c2ccc(CP)cc2C)ccc1P.Cc1cc(-c2ccc(P)cc2)ccc1CP.Cc1cc(P)ccc1-c1ccc(CP)cc1.Cc1cc(P)ccc1-c1ccc(P)cc1. The number of hydrogen-bond acceptors (Lipinski definition) is 0. The molecule has 12 atom stereocenters. The second-order valence-corrected chi connectivity index (χ2v) is 31.0. The first kappa shape index (κ1) is 80.1. The summed E-state index contributed by atoms with van der Waals surface area (Å²) >= 11 is 0. The molecule has 0 bridgehead atoms. The van der Waals surface area contributed by atoms with Crippen LogP contribution in [0.25, 0.3) is 66.8 Å². The average Bonchev–Trinajstić information content (AvgIpc) is 0.932. The van der Waals surface area contributed by atoms with Crippen LogP contribution in [0.2, 0.25) is 0 Å². The topological polar surface area (TPSA) is 0 Å². The van der Waals surface area contributed by atoms with E-state index in [1.54, 1.807) is 0 Å². The first-order valence-electron chi connectivity index (χ1n) is 32.5. The van der Waals surface area contributed by atoms with Crippen LogP contribution in [-0.4, -0.2) is 0 Å². The molecule has 0 N–H and O–H groups in total. The molecule has 0 saturated carbocycles. The van der Waals surface area contributed by atoms with Crippen LogP contribution in [0.3, 0.4) is 0 Å². The predicted molar refractivity (Wildman–Crippen MR) is 482 cm³/mol. The molecule has 0 aliphatic heterocycles. The summed E-state index contributed by atoms with van der Waals surface area (Å²) in [7, 11) is 33.0. The van der Waals surface area contributed by atoms with Crippen molar-refractivity contribution in [3.8, 4) is 66.8 Å². The Kier molecular flexibility index (Phi) is 33.4. The summed E-state index contributed by atoms with van der Waals surface area (Å²) in [5.41, 5.74) is 33.2. The van der Waals surface area contributed by atoms with Gasteiger partial charge in [-0.2, -0.15) is 0 Å². The van der Waals surface area contributed by atoms with Crippen molar-refractivity contribution in [2.24, 2.45) is 0 Å². The van der Waals surface area contributed by atoms with Gasteiger partial charge >= 0.3 is 0 Å². The molecule has 12 unspecified atom stereocenters. The van der Waals surface area contributed by atoms with Crippen LogP contribution in [0.15, 0.2) is 243 Å². The Morgan fingerprint density at radius 1 is 0.186 bits per heavy atom. The van der Waals surface area contributed by atoms with Gasteiger partial charge in [0.05, 0.1) is 0 Å². The Labute approximate surface area is 611 Å². The normalized spacial score (nSPS) is 10.5. The second kappa shape index (κ2) is 40.4. The van der Waals surface area contributed by atoms with Crippen molar-refractivity contribution in [3.05, 3.63) is 315 Å². The van der Waals surface area contributed by atoms with Crippen molar-refractivity contribution in [2.75, 3.05) is 0 Å². The maximum absolute atomic E-state index is 2.78. The molecule has 12 aromatic carbocycles. The summed E-state index contributed by atoms with van der Waals surface area (Å²) < 4.78 is 0. The molecule has 498 valence electrons. The van der Waals surface area contributed by atoms with Crippen molar-refractivity contribution in [1.29, 1.82) is 0 Å². The van der Waals surface area contributed by atoms with Crippen LogP contribution in [0.4, 0.5) is 0 Å². The Hall–Kier alpha value is -4.20. The zero-order chi connectivity index (χ0) is 70.3. The summed E-state index contributed by atoms with van der Waals surface area (Å²) in [5.74, 6) is 0. The fourth-order valence-electron chi connectivity index (χ4n) is 11.0. The number of benzene rings is 12. The summed E-state index contributed by atoms with van der Waals surface area (Å²) in [6.07, 6.45) is 5.10. The highest BCUT2D eigenvalue weighted by atomic mass is 31.0. The Morgan fingerprint density at radius 3 is 0.784 bits per heavy atom. The van der Waals surface area contributed by atoms with Gasteiger partial charge in [-0.15, -0.1) is 111 Å². The van der Waals surface area contributed by atoms with Crippen LogP contribution < -0.4 is 37.1 Å². The Bertz CT molecular complexity index is 4520. The van der Waals surface area contributed by atoms with Gasteiger partial charge in [0.1, 0.15) is 0 Å². The molecule has 12 aromatic rings. The van der Waals surface area contributed by atoms with E-state index in [0.29, 0.717) is 0 Å². The van der Waals surface area contributed by atoms with Crippen molar-refractivity contribution in [3.63, 3.8) is 0 Å². The van der Waals surface area contributed by atoms with E-state index in [4.69, 9.17) is 0 Å². The van der Waals surface area contributed by atoms with Crippen LogP contribution in [-0.2, 0) is 30.8 Å². The molecule has 0 amide bonds. The van der Waals surface area contributed by atoms with Gasteiger partial charge < -0.3 is 0 Å². The van der Waals surface area contributed by atoms with Crippen LogP contribution in [0, 0.1) is 55.4 Å². The third kappa shape index (κ3) is 24.5. The lowest BCUT2D eigenvalue weighted by Gasteiger charge is -2.10. The monoisotopic (exact) mass is 1490 g/mol. The largest absolute Gasteiger partial charge is 0.133 e. The molecule has 0 aliphatic carbocycles. The van der Waals surface area contributed by atoms with Crippen LogP contribution in [0.5, 0.6) is 0 Å². The third-order valence-corrected chi connectivity index (χ3v) is 22.8. The molecule has 0 nitrogen and oxygen atoms in total. The highest BCUT2D eigenvalue weighted by Gasteiger charge is 2.08. The van der Waals surface area contributed by atoms with Gasteiger partial charge in [-0.25, -0.2) is 0 Å². The molecule has 12 rings (SSSR count). The standard InChI is InChI=1S/2C15H18P2.3C14H16P2.C13H14P2/c1-10-7-12(9-16)3-5-14(10)13-4-6-15(17)11(2)8-13;1-10-7-12(3-4-14(10)9-16)13-5-6-15(17)11(2)8-13;1-10-8-13(16)6-7-14(10)12-4-2-11(9-15)3-5-12;1-10-8-13(6-7-14(10)16)12-4-2-11(9-15)3-5-12;1-10-8-12(2-3-13(10)9-15)11-4-6-14(16)7-5-11;1-9-8-12(15)6-7-13(9)10-2-4-11(14)5-3-10/h2*3-8H,9,16-17H2,1-2H3;3*2-8H,9,15-16H2,1H3;2-8H,14-15H2,1H3. The first-order valence-corrected chi connectivity index (χ1v) is 40.6. The lowest BCUT2D eigenvalue weighted by Crippen LogP contribution is -1.96. The summed E-state index contributed by atoms with van der Waals surface area (Å²) in [4.78, 5) is 0. The quantitative estimate of drug-likeness (QED) is 0.113. The highest BCUT2D eigenvalue weighted by molar-refractivity contribution is 7.28. The molecule has 0 heterocycles. The van der Waals surface area contributed by atoms with E-state index in [2.05, 4.69) is 409 Å². The molecule has 97 heavy (non-hydrogen) atoms. The fourth-order valence-corrected chi connectivity index (χ4v) is 14.3. The zero-order valence-corrected chi connectivity index (χ0v) is 71.4. The minimum Gasteiger partial charge on any atom is -0.133 e. The molecule has 12 heteroatoms. The molecular weight excluding hydrogens is 1390 g/mol. The number of aryl methyl sites for hydroxylation is 8. The van der Waals surface area contributed by atoms with Crippen molar-refractivity contribution in [2.45, 2.75) is 86.2 Å². The lowest BCUT2D eigenvalue weighted by atomic mass is 9.97. The highest BCUT2D eigenvalue weighted by Crippen LogP contribution is 2.30. The van der Waals surface area contributed by atoms with Gasteiger partial charge in [-0.3, -0.25) is 0 Å². The molecule has 0 radical (unpaired) electrons. The number of rotatable bonds is 11. The van der Waals surface area contributed by atoms with Gasteiger partial charge in [-0.1, -0.05) is 243 Å². The fraction of sp³-hybridized carbons (Fsp3) is 0.153. The van der Waals surface area contributed by atoms with Gasteiger partial charge in [0.25, 0.3) is 0 Å².